The Morgan fingerprint density at radius 2 is 2.15 bits per heavy atom. The Morgan fingerprint density at radius 1 is 1.62 bits per heavy atom. The van der Waals surface area contributed by atoms with Crippen LogP contribution in [0.3, 0.4) is 0 Å². The smallest absolute Gasteiger partial charge is 0.472 e. The van der Waals surface area contributed by atoms with Crippen LogP contribution in [0.5, 0.6) is 0 Å². The Bertz CT molecular complexity index is 219. The van der Waals surface area contributed by atoms with E-state index in [9.17, 15) is 9.36 Å². The molecule has 0 aliphatic carbocycles. The lowest BCUT2D eigenvalue weighted by Crippen LogP contribution is -2.34. The Morgan fingerprint density at radius 3 is 2.54 bits per heavy atom. The second-order valence-corrected chi connectivity index (χ2v) is 3.58. The van der Waals surface area contributed by atoms with Crippen LogP contribution in [-0.2, 0) is 18.4 Å². The molecule has 0 saturated heterocycles. The molecule has 0 rings (SSSR count). The van der Waals surface area contributed by atoms with Crippen molar-refractivity contribution < 1.29 is 28.4 Å². The lowest BCUT2D eigenvalue weighted by atomic mass is 10.3. The molecule has 0 fully saturated rings. The molecule has 2 atom stereocenters. The average molecular weight is 213 g/mol. The average Bonchev–Trinajstić information content (AvgIpc) is 2.00. The molecule has 0 aromatic heterocycles. The zero-order valence-corrected chi connectivity index (χ0v) is 7.94. The number of carboxylic acid groups (broad SMARTS) is 1. The van der Waals surface area contributed by atoms with E-state index in [1.165, 1.54) is 6.92 Å². The first-order valence-electron chi connectivity index (χ1n) is 3.49. The van der Waals surface area contributed by atoms with Crippen LogP contribution in [0, 0.1) is 0 Å². The third-order valence-corrected chi connectivity index (χ3v) is 2.09. The molecular formula is C5H12NO6P. The van der Waals surface area contributed by atoms with Crippen LogP contribution in [-0.4, -0.2) is 35.2 Å². The molecule has 4 N–H and O–H groups in total. The van der Waals surface area contributed by atoms with Crippen LogP contribution in [0.25, 0.3) is 0 Å². The molecule has 0 spiro atoms. The van der Waals surface area contributed by atoms with Crippen LogP contribution in [0.15, 0.2) is 0 Å². The molecule has 0 aliphatic rings. The van der Waals surface area contributed by atoms with E-state index < -0.39 is 26.4 Å². The van der Waals surface area contributed by atoms with Crippen LogP contribution in [0.2, 0.25) is 0 Å². The molecule has 0 aromatic rings. The summed E-state index contributed by atoms with van der Waals surface area (Å²) >= 11 is 0. The van der Waals surface area contributed by atoms with Crippen molar-refractivity contribution in [2.75, 3.05) is 13.2 Å². The topological polar surface area (TPSA) is 119 Å². The van der Waals surface area contributed by atoms with Crippen molar-refractivity contribution in [2.24, 2.45) is 5.73 Å². The van der Waals surface area contributed by atoms with Gasteiger partial charge in [0, 0.05) is 0 Å². The van der Waals surface area contributed by atoms with Crippen molar-refractivity contribution in [3.8, 4) is 0 Å². The van der Waals surface area contributed by atoms with Gasteiger partial charge in [0.2, 0.25) is 0 Å². The van der Waals surface area contributed by atoms with E-state index in [4.69, 9.17) is 15.7 Å². The second kappa shape index (κ2) is 5.31. The summed E-state index contributed by atoms with van der Waals surface area (Å²) in [5, 5.41) is 8.29. The highest BCUT2D eigenvalue weighted by Crippen LogP contribution is 2.42. The molecule has 13 heavy (non-hydrogen) atoms. The van der Waals surface area contributed by atoms with Crippen molar-refractivity contribution in [3.05, 3.63) is 0 Å². The van der Waals surface area contributed by atoms with Crippen LogP contribution in [0.1, 0.15) is 6.92 Å². The van der Waals surface area contributed by atoms with Gasteiger partial charge in [-0.15, -0.1) is 0 Å². The lowest BCUT2D eigenvalue weighted by Gasteiger charge is -2.12. The fourth-order valence-electron chi connectivity index (χ4n) is 0.446. The number of hydrogen-bond donors (Lipinski definition) is 3. The van der Waals surface area contributed by atoms with Crippen LogP contribution < -0.4 is 5.73 Å². The second-order valence-electron chi connectivity index (χ2n) is 2.13. The highest BCUT2D eigenvalue weighted by molar-refractivity contribution is 7.47. The zero-order valence-electron chi connectivity index (χ0n) is 7.04. The molecule has 1 unspecified atom stereocenters. The predicted molar refractivity (Wildman–Crippen MR) is 43.0 cm³/mol. The minimum atomic E-state index is -4.13. The molecule has 7 nitrogen and oxygen atoms in total. The molecule has 0 aliphatic heterocycles. The molecule has 78 valence electrons. The van der Waals surface area contributed by atoms with Gasteiger partial charge in [-0.3, -0.25) is 13.8 Å². The van der Waals surface area contributed by atoms with Gasteiger partial charge in [-0.2, -0.15) is 0 Å². The van der Waals surface area contributed by atoms with Gasteiger partial charge in [0.25, 0.3) is 0 Å². The summed E-state index contributed by atoms with van der Waals surface area (Å²) in [6.07, 6.45) is 0. The number of phosphoric acid groups is 1. The van der Waals surface area contributed by atoms with E-state index in [1.807, 2.05) is 0 Å². The predicted octanol–water partition coefficient (Wildman–Crippen LogP) is -0.448. The minimum absolute atomic E-state index is 0.00388. The number of aliphatic carboxylic acids is 1. The first kappa shape index (κ1) is 12.5. The molecule has 0 heterocycles. The lowest BCUT2D eigenvalue weighted by molar-refractivity contribution is -0.139. The molecular weight excluding hydrogens is 201 g/mol. The standard InChI is InChI=1S/C5H12NO6P/c1-2-11-13(9,10)12-3-4(6)5(7)8/h4H,2-3,6H2,1H3,(H,7,8)(H,9,10)/t4-/m0/s1. The van der Waals surface area contributed by atoms with E-state index >= 15 is 0 Å². The van der Waals surface area contributed by atoms with Gasteiger partial charge in [0.1, 0.15) is 6.04 Å². The number of carboxylic acids is 1. The largest absolute Gasteiger partial charge is 0.480 e. The van der Waals surface area contributed by atoms with Crippen molar-refractivity contribution in [1.82, 2.24) is 0 Å². The first-order valence-corrected chi connectivity index (χ1v) is 4.99. The number of phosphoric ester groups is 1. The number of hydrogen-bond acceptors (Lipinski definition) is 5. The first-order chi connectivity index (χ1) is 5.89. The van der Waals surface area contributed by atoms with Gasteiger partial charge in [-0.25, -0.2) is 4.57 Å². The highest BCUT2D eigenvalue weighted by Gasteiger charge is 2.23. The normalized spacial score (nSPS) is 17.8. The Hall–Kier alpha value is -0.460. The summed E-state index contributed by atoms with van der Waals surface area (Å²) in [6.45, 7) is 0.933. The summed E-state index contributed by atoms with van der Waals surface area (Å²) in [4.78, 5) is 19.0. The van der Waals surface area contributed by atoms with Crippen LogP contribution in [0.4, 0.5) is 0 Å². The Balaban J connectivity index is 3.87. The molecule has 0 radical (unpaired) electrons. The number of carbonyl (C=O) groups is 1. The van der Waals surface area contributed by atoms with Crippen molar-refractivity contribution in [1.29, 1.82) is 0 Å². The summed E-state index contributed by atoms with van der Waals surface area (Å²) in [6, 6.07) is -1.33. The zero-order chi connectivity index (χ0) is 10.5. The van der Waals surface area contributed by atoms with E-state index in [1.54, 1.807) is 0 Å². The highest BCUT2D eigenvalue weighted by atomic mass is 31.2. The third-order valence-electron chi connectivity index (χ3n) is 1.03. The van der Waals surface area contributed by atoms with Gasteiger partial charge in [-0.1, -0.05) is 0 Å². The summed E-state index contributed by atoms with van der Waals surface area (Å²) in [7, 11) is -4.13. The maximum Gasteiger partial charge on any atom is 0.472 e. The fourth-order valence-corrected chi connectivity index (χ4v) is 1.20. The monoisotopic (exact) mass is 213 g/mol. The van der Waals surface area contributed by atoms with Gasteiger partial charge in [-0.05, 0) is 6.92 Å². The number of rotatable bonds is 6. The van der Waals surface area contributed by atoms with Gasteiger partial charge < -0.3 is 15.7 Å². The molecule has 0 saturated carbocycles. The van der Waals surface area contributed by atoms with E-state index in [0.717, 1.165) is 0 Å². The Kier molecular flexibility index (Phi) is 5.12. The minimum Gasteiger partial charge on any atom is -0.480 e. The van der Waals surface area contributed by atoms with E-state index in [0.29, 0.717) is 0 Å². The van der Waals surface area contributed by atoms with Crippen molar-refractivity contribution >= 4 is 13.8 Å². The van der Waals surface area contributed by atoms with Gasteiger partial charge >= 0.3 is 13.8 Å². The van der Waals surface area contributed by atoms with Gasteiger partial charge in [0.15, 0.2) is 0 Å². The van der Waals surface area contributed by atoms with Gasteiger partial charge in [0.05, 0.1) is 13.2 Å². The summed E-state index contributed by atoms with van der Waals surface area (Å²) in [5.41, 5.74) is 5.01. The molecule has 8 heteroatoms. The van der Waals surface area contributed by atoms with Crippen molar-refractivity contribution in [2.45, 2.75) is 13.0 Å². The molecule has 0 aromatic carbocycles. The maximum absolute atomic E-state index is 10.8. The van der Waals surface area contributed by atoms with Crippen molar-refractivity contribution in [3.63, 3.8) is 0 Å². The molecule has 0 amide bonds. The fraction of sp³-hybridized carbons (Fsp3) is 0.800. The maximum atomic E-state index is 10.8. The van der Waals surface area contributed by atoms with E-state index in [2.05, 4.69) is 9.05 Å². The third kappa shape index (κ3) is 5.73. The summed E-state index contributed by atoms with van der Waals surface area (Å²) < 4.78 is 19.4. The SMILES string of the molecule is CCOP(=O)(O)OC[C@H](N)C(=O)O. The number of nitrogens with two attached hydrogens (primary N) is 1. The quantitative estimate of drug-likeness (QED) is 0.511. The van der Waals surface area contributed by atoms with E-state index in [-0.39, 0.29) is 6.61 Å². The Labute approximate surface area is 75.1 Å². The van der Waals surface area contributed by atoms with Crippen LogP contribution >= 0.6 is 7.82 Å². The molecule has 0 bridgehead atoms. The summed E-state index contributed by atoms with van der Waals surface area (Å²) in [5.74, 6) is -1.31.